The van der Waals surface area contributed by atoms with Gasteiger partial charge in [0, 0.05) is 13.1 Å². The fraction of sp³-hybridized carbons (Fsp3) is 0.900. The number of carbonyl (C=O) groups excluding carboxylic acids is 1. The first kappa shape index (κ1) is 20.5. The Morgan fingerprint density at radius 2 is 1.53 bits per heavy atom. The maximum absolute atomic E-state index is 12.7. The van der Waals surface area contributed by atoms with Gasteiger partial charge >= 0.3 is 11.2 Å². The molecule has 0 unspecified atom stereocenters. The Morgan fingerprint density at radius 3 is 1.68 bits per heavy atom. The average molecular weight is 304 g/mol. The Labute approximate surface area is 112 Å². The van der Waals surface area contributed by atoms with Crippen LogP contribution in [0.2, 0.25) is 0 Å². The summed E-state index contributed by atoms with van der Waals surface area (Å²) in [4.78, 5) is 11.4. The molecule has 0 aliphatic rings. The predicted molar refractivity (Wildman–Crippen MR) is 65.6 cm³/mol. The van der Waals surface area contributed by atoms with E-state index < -0.39 is 21.3 Å². The minimum Gasteiger partial charge on any atom is -0.743 e. The van der Waals surface area contributed by atoms with E-state index in [1.54, 1.807) is 0 Å². The summed E-state index contributed by atoms with van der Waals surface area (Å²) in [7, 11) is -5.94. The number of rotatable bonds is 6. The van der Waals surface area contributed by atoms with Crippen LogP contribution in [-0.2, 0) is 14.9 Å². The van der Waals surface area contributed by atoms with Gasteiger partial charge in [0.15, 0.2) is 10.1 Å². The lowest BCUT2D eigenvalue weighted by Crippen LogP contribution is -2.82. The molecule has 0 aromatic heterocycles. The van der Waals surface area contributed by atoms with E-state index in [-0.39, 0.29) is 13.1 Å². The highest BCUT2D eigenvalue weighted by Gasteiger charge is 2.48. The van der Waals surface area contributed by atoms with Gasteiger partial charge in [0.25, 0.3) is 0 Å². The number of amides is 1. The van der Waals surface area contributed by atoms with Crippen LogP contribution in [0.25, 0.3) is 0 Å². The number of nitrogens with two attached hydrogens (primary N) is 1. The van der Waals surface area contributed by atoms with Crippen LogP contribution in [0.5, 0.6) is 0 Å². The SMILES string of the molecule is CCN(CC)C(=O)C(F)(F)S(=O)(=O)[O-].CC[NH2+]CC. The maximum atomic E-state index is 12.7. The lowest BCUT2D eigenvalue weighted by atomic mass is 10.4. The molecular formula is C10H22F2N2O4S. The summed E-state index contributed by atoms with van der Waals surface area (Å²) in [5.41, 5.74) is 0. The standard InChI is InChI=1S/C6H11F2NO4S.C4H11N/c1-3-9(4-2)5(10)6(7,8)14(11,12)13;1-3-5-4-2/h3-4H2,1-2H3,(H,11,12,13);5H,3-4H2,1-2H3. The van der Waals surface area contributed by atoms with Crippen LogP contribution < -0.4 is 5.32 Å². The average Bonchev–Trinajstić information content (AvgIpc) is 2.30. The van der Waals surface area contributed by atoms with Crippen molar-refractivity contribution in [3.8, 4) is 0 Å². The van der Waals surface area contributed by atoms with E-state index in [9.17, 15) is 26.5 Å². The van der Waals surface area contributed by atoms with Gasteiger partial charge in [-0.25, -0.2) is 8.42 Å². The van der Waals surface area contributed by atoms with Gasteiger partial charge in [-0.05, 0) is 27.7 Å². The molecule has 0 aliphatic carbocycles. The first-order chi connectivity index (χ1) is 8.59. The van der Waals surface area contributed by atoms with Gasteiger partial charge in [-0.1, -0.05) is 0 Å². The number of alkyl halides is 2. The smallest absolute Gasteiger partial charge is 0.410 e. The summed E-state index contributed by atoms with van der Waals surface area (Å²) in [6, 6.07) is 0. The van der Waals surface area contributed by atoms with E-state index in [4.69, 9.17) is 0 Å². The Bertz CT molecular complexity index is 355. The Morgan fingerprint density at radius 1 is 1.16 bits per heavy atom. The Hall–Kier alpha value is -0.800. The Kier molecular flexibility index (Phi) is 9.89. The van der Waals surface area contributed by atoms with Gasteiger partial charge in [0.05, 0.1) is 13.1 Å². The van der Waals surface area contributed by atoms with Gasteiger partial charge in [0.1, 0.15) is 0 Å². The molecular weight excluding hydrogens is 282 g/mol. The van der Waals surface area contributed by atoms with Gasteiger partial charge in [-0.2, -0.15) is 8.78 Å². The molecule has 0 aromatic rings. The van der Waals surface area contributed by atoms with Crippen molar-refractivity contribution in [2.24, 2.45) is 0 Å². The molecule has 0 spiro atoms. The number of hydrogen-bond donors (Lipinski definition) is 1. The van der Waals surface area contributed by atoms with Crippen molar-refractivity contribution in [1.82, 2.24) is 4.90 Å². The molecule has 1 amide bonds. The summed E-state index contributed by atoms with van der Waals surface area (Å²) in [5, 5.41) is -2.63. The van der Waals surface area contributed by atoms with Crippen molar-refractivity contribution in [3.63, 3.8) is 0 Å². The first-order valence-electron chi connectivity index (χ1n) is 6.04. The second kappa shape index (κ2) is 9.16. The molecule has 6 nitrogen and oxygen atoms in total. The number of carbonyl (C=O) groups is 1. The molecule has 0 bridgehead atoms. The van der Waals surface area contributed by atoms with Crippen LogP contribution in [0.1, 0.15) is 27.7 Å². The summed E-state index contributed by atoms with van der Waals surface area (Å²) in [5.74, 6) is -1.97. The molecule has 2 N–H and O–H groups in total. The molecule has 0 saturated heterocycles. The second-order valence-corrected chi connectivity index (χ2v) is 4.97. The molecule has 0 heterocycles. The van der Waals surface area contributed by atoms with Crippen molar-refractivity contribution < 1.29 is 31.9 Å². The van der Waals surface area contributed by atoms with Crippen LogP contribution >= 0.6 is 0 Å². The summed E-state index contributed by atoms with van der Waals surface area (Å²) < 4.78 is 55.5. The van der Waals surface area contributed by atoms with Crippen LogP contribution in [-0.4, -0.2) is 55.2 Å². The van der Waals surface area contributed by atoms with E-state index in [1.807, 2.05) is 0 Å². The fourth-order valence-electron chi connectivity index (χ4n) is 1.09. The largest absolute Gasteiger partial charge is 0.743 e. The lowest BCUT2D eigenvalue weighted by molar-refractivity contribution is -0.648. The summed E-state index contributed by atoms with van der Waals surface area (Å²) in [6.45, 7) is 9.38. The van der Waals surface area contributed by atoms with Crippen LogP contribution in [0.4, 0.5) is 8.78 Å². The van der Waals surface area contributed by atoms with Gasteiger partial charge in [0.2, 0.25) is 0 Å². The molecule has 9 heteroatoms. The van der Waals surface area contributed by atoms with E-state index in [0.717, 1.165) is 0 Å². The van der Waals surface area contributed by atoms with E-state index in [2.05, 4.69) is 19.2 Å². The number of quaternary nitrogens is 1. The Balaban J connectivity index is 0. The molecule has 0 fully saturated rings. The summed E-state index contributed by atoms with van der Waals surface area (Å²) >= 11 is 0. The highest BCUT2D eigenvalue weighted by Crippen LogP contribution is 2.23. The topological polar surface area (TPSA) is 94.1 Å². The van der Waals surface area contributed by atoms with E-state index in [0.29, 0.717) is 4.90 Å². The summed E-state index contributed by atoms with van der Waals surface area (Å²) in [6.07, 6.45) is 0. The quantitative estimate of drug-likeness (QED) is 0.675. The molecule has 19 heavy (non-hydrogen) atoms. The highest BCUT2D eigenvalue weighted by molar-refractivity contribution is 7.87. The second-order valence-electron chi connectivity index (χ2n) is 3.55. The lowest BCUT2D eigenvalue weighted by Gasteiger charge is -2.25. The third-order valence-electron chi connectivity index (χ3n) is 2.19. The monoisotopic (exact) mass is 304 g/mol. The van der Waals surface area contributed by atoms with Gasteiger partial charge in [-0.3, -0.25) is 4.79 Å². The molecule has 0 aromatic carbocycles. The normalized spacial score (nSPS) is 11.5. The van der Waals surface area contributed by atoms with E-state index in [1.165, 1.54) is 26.9 Å². The zero-order chi connectivity index (χ0) is 15.7. The van der Waals surface area contributed by atoms with Crippen LogP contribution in [0.15, 0.2) is 0 Å². The molecule has 0 aliphatic heterocycles. The van der Waals surface area contributed by atoms with Crippen LogP contribution in [0, 0.1) is 0 Å². The number of nitrogens with zero attached hydrogens (tertiary/aromatic N) is 1. The van der Waals surface area contributed by atoms with Crippen molar-refractivity contribution >= 4 is 16.0 Å². The zero-order valence-electron chi connectivity index (χ0n) is 11.7. The third kappa shape index (κ3) is 6.79. The molecule has 0 atom stereocenters. The molecule has 0 radical (unpaired) electrons. The van der Waals surface area contributed by atoms with Crippen LogP contribution in [0.3, 0.4) is 0 Å². The third-order valence-corrected chi connectivity index (χ3v) is 2.99. The van der Waals surface area contributed by atoms with Crippen molar-refractivity contribution in [3.05, 3.63) is 0 Å². The van der Waals surface area contributed by atoms with E-state index >= 15 is 0 Å². The maximum Gasteiger partial charge on any atom is 0.410 e. The molecule has 0 rings (SSSR count). The molecule has 116 valence electrons. The first-order valence-corrected chi connectivity index (χ1v) is 7.45. The predicted octanol–water partition coefficient (Wildman–Crippen LogP) is -0.418. The minimum atomic E-state index is -5.94. The fourth-order valence-corrected chi connectivity index (χ4v) is 1.43. The zero-order valence-corrected chi connectivity index (χ0v) is 12.5. The number of hydrogen-bond acceptors (Lipinski definition) is 4. The van der Waals surface area contributed by atoms with Gasteiger partial charge in [-0.15, -0.1) is 0 Å². The van der Waals surface area contributed by atoms with Crippen molar-refractivity contribution in [1.29, 1.82) is 0 Å². The minimum absolute atomic E-state index is 0.0829. The number of halogens is 2. The van der Waals surface area contributed by atoms with Gasteiger partial charge < -0.3 is 14.8 Å². The highest BCUT2D eigenvalue weighted by atomic mass is 32.2. The van der Waals surface area contributed by atoms with Crippen molar-refractivity contribution in [2.45, 2.75) is 32.9 Å². The molecule has 0 saturated carbocycles. The van der Waals surface area contributed by atoms with Crippen molar-refractivity contribution in [2.75, 3.05) is 26.2 Å².